The number of esters is 1. The minimum Gasteiger partial charge on any atom is -0.461 e. The van der Waals surface area contributed by atoms with Crippen molar-refractivity contribution in [2.45, 2.75) is 83.7 Å². The number of hydrogen-bond donors (Lipinski definition) is 2. The molecular formula is C22H36N2O5S2. The zero-order valence-electron chi connectivity index (χ0n) is 19.5. The molecule has 2 amide bonds. The van der Waals surface area contributed by atoms with E-state index in [2.05, 4.69) is 0 Å². The van der Waals surface area contributed by atoms with Crippen molar-refractivity contribution in [2.24, 2.45) is 11.3 Å². The molecule has 2 N–H and O–H groups in total. The van der Waals surface area contributed by atoms with Gasteiger partial charge in [-0.3, -0.25) is 14.8 Å². The van der Waals surface area contributed by atoms with Gasteiger partial charge in [-0.25, -0.2) is 10.3 Å². The first-order valence-electron chi connectivity index (χ1n) is 10.5. The summed E-state index contributed by atoms with van der Waals surface area (Å²) in [6, 6.07) is 1.79. The van der Waals surface area contributed by atoms with Crippen molar-refractivity contribution in [1.29, 1.82) is 0 Å². The Bertz CT molecular complexity index is 714. The van der Waals surface area contributed by atoms with Crippen molar-refractivity contribution in [3.05, 3.63) is 17.5 Å². The van der Waals surface area contributed by atoms with Crippen LogP contribution in [0.3, 0.4) is 0 Å². The molecule has 0 unspecified atom stereocenters. The predicted molar refractivity (Wildman–Crippen MR) is 124 cm³/mol. The Balaban J connectivity index is 3.40. The standard InChI is InChI=1S/C22H36N2O5S2/c1-14(2)10-11-17(25)24(19(22(5,6)7)21(27)29-15(3)4)16(20(26)23-28)13-31-18-9-8-12-30-18/h8-9,12,14-16,19,28H,10-11,13H2,1-7H3,(H,23,26)/t16-,19+/m1/s1. The van der Waals surface area contributed by atoms with Crippen LogP contribution in [0.25, 0.3) is 0 Å². The Morgan fingerprint density at radius 3 is 2.32 bits per heavy atom. The SMILES string of the molecule is CC(C)CCC(=O)N([C@H](CSc1cccs1)C(=O)NO)[C@@H](C(=O)OC(C)C)C(C)(C)C. The minimum atomic E-state index is -1.04. The molecule has 1 heterocycles. The number of ether oxygens (including phenoxy) is 1. The second kappa shape index (κ2) is 12.5. The molecule has 0 fully saturated rings. The number of thiophene rings is 1. The van der Waals surface area contributed by atoms with Gasteiger partial charge in [0.1, 0.15) is 12.1 Å². The smallest absolute Gasteiger partial charge is 0.329 e. The summed E-state index contributed by atoms with van der Waals surface area (Å²) in [5.41, 5.74) is 0.993. The van der Waals surface area contributed by atoms with Crippen LogP contribution in [0.5, 0.6) is 0 Å². The molecule has 31 heavy (non-hydrogen) atoms. The van der Waals surface area contributed by atoms with E-state index in [-0.39, 0.29) is 30.1 Å². The second-order valence-electron chi connectivity index (χ2n) is 9.22. The van der Waals surface area contributed by atoms with Gasteiger partial charge in [0.2, 0.25) is 5.91 Å². The van der Waals surface area contributed by atoms with Gasteiger partial charge in [0, 0.05) is 12.2 Å². The predicted octanol–water partition coefficient (Wildman–Crippen LogP) is 4.35. The Hall–Kier alpha value is -1.58. The lowest BCUT2D eigenvalue weighted by atomic mass is 9.84. The maximum Gasteiger partial charge on any atom is 0.329 e. The van der Waals surface area contributed by atoms with E-state index in [4.69, 9.17) is 4.74 Å². The summed E-state index contributed by atoms with van der Waals surface area (Å²) in [6.07, 6.45) is 0.449. The first-order valence-corrected chi connectivity index (χ1v) is 12.4. The third-order valence-corrected chi connectivity index (χ3v) is 6.73. The molecule has 1 rings (SSSR count). The average molecular weight is 473 g/mol. The average Bonchev–Trinajstić information content (AvgIpc) is 3.16. The Morgan fingerprint density at radius 1 is 1.23 bits per heavy atom. The third-order valence-electron chi connectivity index (χ3n) is 4.52. The minimum absolute atomic E-state index is 0.193. The fourth-order valence-corrected chi connectivity index (χ4v) is 4.98. The molecule has 0 saturated carbocycles. The maximum atomic E-state index is 13.4. The number of rotatable bonds is 11. The topological polar surface area (TPSA) is 95.9 Å². The molecule has 0 radical (unpaired) electrons. The van der Waals surface area contributed by atoms with Gasteiger partial charge in [0.25, 0.3) is 5.91 Å². The van der Waals surface area contributed by atoms with Gasteiger partial charge in [0.15, 0.2) is 0 Å². The Kier molecular flexibility index (Phi) is 11.0. The molecule has 1 aromatic heterocycles. The van der Waals surface area contributed by atoms with E-state index >= 15 is 0 Å². The molecule has 0 bridgehead atoms. The lowest BCUT2D eigenvalue weighted by Crippen LogP contribution is -2.61. The first-order chi connectivity index (χ1) is 14.4. The summed E-state index contributed by atoms with van der Waals surface area (Å²) in [5, 5.41) is 11.3. The van der Waals surface area contributed by atoms with E-state index in [0.29, 0.717) is 6.42 Å². The van der Waals surface area contributed by atoms with Gasteiger partial charge >= 0.3 is 5.97 Å². The van der Waals surface area contributed by atoms with E-state index < -0.39 is 29.4 Å². The van der Waals surface area contributed by atoms with Crippen LogP contribution in [0.4, 0.5) is 0 Å². The van der Waals surface area contributed by atoms with E-state index in [9.17, 15) is 19.6 Å². The van der Waals surface area contributed by atoms with Crippen molar-refractivity contribution >= 4 is 40.9 Å². The molecule has 176 valence electrons. The fourth-order valence-electron chi connectivity index (χ4n) is 3.08. The molecule has 0 aromatic carbocycles. The number of nitrogens with zero attached hydrogens (tertiary/aromatic N) is 1. The summed E-state index contributed by atoms with van der Waals surface area (Å²) in [6.45, 7) is 13.0. The van der Waals surface area contributed by atoms with Crippen LogP contribution in [0.2, 0.25) is 0 Å². The zero-order valence-corrected chi connectivity index (χ0v) is 21.1. The van der Waals surface area contributed by atoms with Gasteiger partial charge in [-0.05, 0) is 43.0 Å². The van der Waals surface area contributed by atoms with Crippen LogP contribution in [0, 0.1) is 11.3 Å². The van der Waals surface area contributed by atoms with Gasteiger partial charge in [-0.15, -0.1) is 23.1 Å². The molecule has 0 aliphatic rings. The Labute approximate surface area is 193 Å². The van der Waals surface area contributed by atoms with Gasteiger partial charge < -0.3 is 9.64 Å². The zero-order chi connectivity index (χ0) is 23.8. The van der Waals surface area contributed by atoms with Crippen molar-refractivity contribution in [3.8, 4) is 0 Å². The molecule has 7 nitrogen and oxygen atoms in total. The molecule has 0 saturated heterocycles. The van der Waals surface area contributed by atoms with Crippen molar-refractivity contribution in [1.82, 2.24) is 10.4 Å². The number of nitrogens with one attached hydrogen (secondary N) is 1. The molecule has 9 heteroatoms. The van der Waals surface area contributed by atoms with Gasteiger partial charge in [-0.1, -0.05) is 40.7 Å². The number of thioether (sulfide) groups is 1. The summed E-state index contributed by atoms with van der Waals surface area (Å²) in [7, 11) is 0. The quantitative estimate of drug-likeness (QED) is 0.215. The van der Waals surface area contributed by atoms with Crippen LogP contribution in [0.1, 0.15) is 61.3 Å². The van der Waals surface area contributed by atoms with E-state index in [1.54, 1.807) is 19.3 Å². The number of hydrogen-bond acceptors (Lipinski definition) is 7. The fraction of sp³-hybridized carbons (Fsp3) is 0.682. The summed E-state index contributed by atoms with van der Waals surface area (Å²) in [5.74, 6) is -1.12. The molecule has 0 aliphatic carbocycles. The van der Waals surface area contributed by atoms with E-state index in [0.717, 1.165) is 4.21 Å². The number of amides is 2. The summed E-state index contributed by atoms with van der Waals surface area (Å²) in [4.78, 5) is 40.6. The van der Waals surface area contributed by atoms with Crippen molar-refractivity contribution in [3.63, 3.8) is 0 Å². The lowest BCUT2D eigenvalue weighted by Gasteiger charge is -2.42. The normalized spacial score (nSPS) is 13.7. The van der Waals surface area contributed by atoms with Crippen LogP contribution in [0.15, 0.2) is 21.7 Å². The van der Waals surface area contributed by atoms with Gasteiger partial charge in [0.05, 0.1) is 10.3 Å². The van der Waals surface area contributed by atoms with Crippen LogP contribution < -0.4 is 5.48 Å². The van der Waals surface area contributed by atoms with Crippen molar-refractivity contribution in [2.75, 3.05) is 5.75 Å². The molecule has 2 atom stereocenters. The number of hydroxylamine groups is 1. The molecule has 1 aromatic rings. The highest BCUT2D eigenvalue weighted by Crippen LogP contribution is 2.32. The first kappa shape index (κ1) is 27.5. The monoisotopic (exact) mass is 472 g/mol. The van der Waals surface area contributed by atoms with E-state index in [1.807, 2.05) is 52.1 Å². The highest BCUT2D eigenvalue weighted by molar-refractivity contribution is 8.01. The Morgan fingerprint density at radius 2 is 1.87 bits per heavy atom. The largest absolute Gasteiger partial charge is 0.461 e. The number of carbonyl (C=O) groups is 3. The third kappa shape index (κ3) is 8.82. The van der Waals surface area contributed by atoms with E-state index in [1.165, 1.54) is 28.0 Å². The highest BCUT2D eigenvalue weighted by atomic mass is 32.2. The van der Waals surface area contributed by atoms with Crippen LogP contribution in [-0.4, -0.2) is 51.8 Å². The second-order valence-corrected chi connectivity index (χ2v) is 11.5. The highest BCUT2D eigenvalue weighted by Gasteiger charge is 2.45. The maximum absolute atomic E-state index is 13.4. The summed E-state index contributed by atoms with van der Waals surface area (Å²) < 4.78 is 6.45. The number of carbonyl (C=O) groups excluding carboxylic acids is 3. The molecule has 0 aliphatic heterocycles. The summed E-state index contributed by atoms with van der Waals surface area (Å²) >= 11 is 2.92. The molecular weight excluding hydrogens is 436 g/mol. The van der Waals surface area contributed by atoms with Gasteiger partial charge in [-0.2, -0.15) is 0 Å². The van der Waals surface area contributed by atoms with Crippen LogP contribution in [-0.2, 0) is 19.1 Å². The van der Waals surface area contributed by atoms with Crippen LogP contribution >= 0.6 is 23.1 Å². The molecule has 0 spiro atoms. The lowest BCUT2D eigenvalue weighted by molar-refractivity contribution is -0.167. The van der Waals surface area contributed by atoms with Crippen molar-refractivity contribution < 1.29 is 24.3 Å².